The van der Waals surface area contributed by atoms with Crippen LogP contribution in [0.4, 0.5) is 0 Å². The first-order valence-electron chi connectivity index (χ1n) is 10.5. The molecule has 6 heteroatoms. The molecule has 0 atom stereocenters. The summed E-state index contributed by atoms with van der Waals surface area (Å²) < 4.78 is 2.15. The Hall–Kier alpha value is -2.70. The normalized spacial score (nSPS) is 12.9. The summed E-state index contributed by atoms with van der Waals surface area (Å²) in [7, 11) is 0. The molecule has 0 radical (unpaired) electrons. The highest BCUT2D eigenvalue weighted by Crippen LogP contribution is 2.32. The van der Waals surface area contributed by atoms with Gasteiger partial charge in [-0.2, -0.15) is 0 Å². The number of rotatable bonds is 7. The number of fused-ring (bicyclic) bond motifs is 2. The quantitative estimate of drug-likeness (QED) is 0.290. The zero-order chi connectivity index (χ0) is 21.2. The minimum atomic E-state index is 0.0702. The first-order valence-corrected chi connectivity index (χ1v) is 12.3. The Morgan fingerprint density at radius 1 is 1.03 bits per heavy atom. The van der Waals surface area contributed by atoms with Crippen molar-refractivity contribution in [3.63, 3.8) is 0 Å². The van der Waals surface area contributed by atoms with Gasteiger partial charge in [-0.1, -0.05) is 72.4 Å². The number of carbonyl (C=O) groups excluding carboxylic acids is 1. The molecule has 0 saturated heterocycles. The molecule has 4 aromatic rings. The topological polar surface area (TPSA) is 52.0 Å². The fraction of sp³-hybridized carbons (Fsp3) is 0.240. The molecule has 0 N–H and O–H groups in total. The highest BCUT2D eigenvalue weighted by Gasteiger charge is 2.23. The third-order valence-electron chi connectivity index (χ3n) is 5.66. The van der Waals surface area contributed by atoms with Crippen LogP contribution >= 0.6 is 23.1 Å². The van der Waals surface area contributed by atoms with Gasteiger partial charge in [0, 0.05) is 22.5 Å². The summed E-state index contributed by atoms with van der Waals surface area (Å²) in [5.41, 5.74) is 3.54. The molecule has 1 aliphatic carbocycles. The van der Waals surface area contributed by atoms with E-state index in [9.17, 15) is 9.59 Å². The van der Waals surface area contributed by atoms with Crippen molar-refractivity contribution in [3.05, 3.63) is 92.5 Å². The lowest BCUT2D eigenvalue weighted by Gasteiger charge is -2.09. The van der Waals surface area contributed by atoms with Gasteiger partial charge in [0.15, 0.2) is 10.9 Å². The second kappa shape index (κ2) is 8.81. The largest absolute Gasteiger partial charge is 0.310 e. The van der Waals surface area contributed by atoms with Crippen LogP contribution in [0.15, 0.2) is 70.6 Å². The van der Waals surface area contributed by atoms with Crippen LogP contribution in [-0.2, 0) is 25.8 Å². The van der Waals surface area contributed by atoms with E-state index in [0.717, 1.165) is 47.8 Å². The lowest BCUT2D eigenvalue weighted by atomic mass is 10.1. The second-order valence-electron chi connectivity index (χ2n) is 7.70. The maximum atomic E-state index is 13.1. The van der Waals surface area contributed by atoms with Crippen LogP contribution in [0.2, 0.25) is 0 Å². The molecule has 2 aromatic heterocycles. The van der Waals surface area contributed by atoms with Crippen LogP contribution < -0.4 is 5.43 Å². The third kappa shape index (κ3) is 4.10. The zero-order valence-electron chi connectivity index (χ0n) is 17.0. The minimum Gasteiger partial charge on any atom is -0.310 e. The Morgan fingerprint density at radius 2 is 1.77 bits per heavy atom. The number of aromatic nitrogens is 2. The number of Topliss-reactive ketones (excluding diaryl/α,β-unsaturated/α-hetero) is 1. The van der Waals surface area contributed by atoms with Crippen LogP contribution in [0.3, 0.4) is 0 Å². The molecule has 1 aliphatic rings. The zero-order valence-corrected chi connectivity index (χ0v) is 18.7. The first kappa shape index (κ1) is 20.2. The van der Waals surface area contributed by atoms with Crippen molar-refractivity contribution in [2.24, 2.45) is 0 Å². The van der Waals surface area contributed by atoms with Crippen LogP contribution in [0.1, 0.15) is 32.8 Å². The molecule has 0 fully saturated rings. The SMILES string of the molecule is O=C(CSc1nc2c(=O)c3c(sc2n1CCc1ccccc1)CCC3)c1ccccc1. The van der Waals surface area contributed by atoms with E-state index in [4.69, 9.17) is 4.98 Å². The molecule has 2 aromatic carbocycles. The van der Waals surface area contributed by atoms with Crippen LogP contribution in [0.5, 0.6) is 0 Å². The summed E-state index contributed by atoms with van der Waals surface area (Å²) >= 11 is 3.13. The van der Waals surface area contributed by atoms with E-state index in [-0.39, 0.29) is 11.2 Å². The molecule has 0 amide bonds. The summed E-state index contributed by atoms with van der Waals surface area (Å²) in [5.74, 6) is 0.373. The third-order valence-corrected chi connectivity index (χ3v) is 7.94. The molecular formula is C25H22N2O2S2. The minimum absolute atomic E-state index is 0.0702. The average molecular weight is 447 g/mol. The highest BCUT2D eigenvalue weighted by atomic mass is 32.2. The van der Waals surface area contributed by atoms with Crippen molar-refractivity contribution in [3.8, 4) is 0 Å². The summed E-state index contributed by atoms with van der Waals surface area (Å²) in [6.07, 6.45) is 3.73. The van der Waals surface area contributed by atoms with E-state index < -0.39 is 0 Å². The fourth-order valence-electron chi connectivity index (χ4n) is 4.03. The predicted molar refractivity (Wildman–Crippen MR) is 128 cm³/mol. The Bertz CT molecular complexity index is 1290. The van der Waals surface area contributed by atoms with Crippen molar-refractivity contribution in [2.45, 2.75) is 37.4 Å². The van der Waals surface area contributed by atoms with Gasteiger partial charge in [0.1, 0.15) is 10.3 Å². The molecule has 156 valence electrons. The van der Waals surface area contributed by atoms with E-state index in [1.54, 1.807) is 11.3 Å². The average Bonchev–Trinajstić information content (AvgIpc) is 3.42. The number of benzene rings is 2. The lowest BCUT2D eigenvalue weighted by molar-refractivity contribution is 0.102. The predicted octanol–water partition coefficient (Wildman–Crippen LogP) is 5.16. The molecule has 2 heterocycles. The van der Waals surface area contributed by atoms with Gasteiger partial charge in [-0.15, -0.1) is 11.3 Å². The van der Waals surface area contributed by atoms with Gasteiger partial charge in [0.25, 0.3) is 0 Å². The van der Waals surface area contributed by atoms with E-state index in [1.165, 1.54) is 22.2 Å². The van der Waals surface area contributed by atoms with Crippen molar-refractivity contribution < 1.29 is 4.79 Å². The number of imidazole rings is 1. The Balaban J connectivity index is 1.49. The number of hydrogen-bond donors (Lipinski definition) is 0. The van der Waals surface area contributed by atoms with Crippen LogP contribution in [-0.4, -0.2) is 21.1 Å². The van der Waals surface area contributed by atoms with E-state index in [1.807, 2.05) is 48.5 Å². The Morgan fingerprint density at radius 3 is 2.55 bits per heavy atom. The van der Waals surface area contributed by atoms with Gasteiger partial charge in [0.2, 0.25) is 5.43 Å². The van der Waals surface area contributed by atoms with Gasteiger partial charge in [-0.25, -0.2) is 4.98 Å². The number of carbonyl (C=O) groups is 1. The molecule has 0 saturated carbocycles. The summed E-state index contributed by atoms with van der Waals surface area (Å²) in [5, 5.41) is 0.757. The Labute approximate surface area is 189 Å². The second-order valence-corrected chi connectivity index (χ2v) is 9.73. The van der Waals surface area contributed by atoms with Gasteiger partial charge in [-0.05, 0) is 31.2 Å². The number of hydrogen-bond acceptors (Lipinski definition) is 5. The summed E-state index contributed by atoms with van der Waals surface area (Å²) in [6.45, 7) is 0.733. The molecule has 4 nitrogen and oxygen atoms in total. The number of ketones is 1. The van der Waals surface area contributed by atoms with E-state index in [0.29, 0.717) is 16.8 Å². The smallest absolute Gasteiger partial charge is 0.211 e. The number of nitrogens with zero attached hydrogens (tertiary/aromatic N) is 2. The van der Waals surface area contributed by atoms with Crippen molar-refractivity contribution in [1.82, 2.24) is 9.55 Å². The van der Waals surface area contributed by atoms with Crippen molar-refractivity contribution in [2.75, 3.05) is 5.75 Å². The van der Waals surface area contributed by atoms with Crippen molar-refractivity contribution in [1.29, 1.82) is 0 Å². The summed E-state index contributed by atoms with van der Waals surface area (Å²) in [4.78, 5) is 32.6. The van der Waals surface area contributed by atoms with E-state index >= 15 is 0 Å². The maximum absolute atomic E-state index is 13.1. The molecule has 31 heavy (non-hydrogen) atoms. The van der Waals surface area contributed by atoms with Gasteiger partial charge in [-0.3, -0.25) is 9.59 Å². The molecule has 5 rings (SSSR count). The molecule has 0 unspecified atom stereocenters. The highest BCUT2D eigenvalue weighted by molar-refractivity contribution is 7.99. The van der Waals surface area contributed by atoms with Crippen LogP contribution in [0, 0.1) is 0 Å². The number of aryl methyl sites for hydroxylation is 3. The number of thioether (sulfide) groups is 1. The Kier molecular flexibility index (Phi) is 5.74. The maximum Gasteiger partial charge on any atom is 0.211 e. The first-order chi connectivity index (χ1) is 15.2. The van der Waals surface area contributed by atoms with Gasteiger partial charge < -0.3 is 4.57 Å². The monoisotopic (exact) mass is 446 g/mol. The van der Waals surface area contributed by atoms with E-state index in [2.05, 4.69) is 16.7 Å². The van der Waals surface area contributed by atoms with Gasteiger partial charge >= 0.3 is 0 Å². The standard InChI is InChI=1S/C25H22N2O2S2/c28-20(18-10-5-2-6-11-18)16-30-25-26-22-23(29)19-12-7-13-21(19)31-24(22)27(25)15-14-17-8-3-1-4-9-17/h1-6,8-11H,7,12-16H2. The summed E-state index contributed by atoms with van der Waals surface area (Å²) in [6, 6.07) is 19.7. The molecule has 0 bridgehead atoms. The molecule has 0 spiro atoms. The molecular weight excluding hydrogens is 424 g/mol. The lowest BCUT2D eigenvalue weighted by Crippen LogP contribution is -2.08. The van der Waals surface area contributed by atoms with Gasteiger partial charge in [0.05, 0.1) is 5.75 Å². The molecule has 0 aliphatic heterocycles. The fourth-order valence-corrected chi connectivity index (χ4v) is 6.33. The van der Waals surface area contributed by atoms with Crippen LogP contribution in [0.25, 0.3) is 10.3 Å². The van der Waals surface area contributed by atoms with Crippen molar-refractivity contribution >= 4 is 39.2 Å².